The summed E-state index contributed by atoms with van der Waals surface area (Å²) in [5.74, 6) is 7.97. The number of aromatic nitrogens is 3. The van der Waals surface area contributed by atoms with E-state index in [0.29, 0.717) is 55.0 Å². The first-order chi connectivity index (χ1) is 20.9. The molecule has 0 aliphatic carbocycles. The summed E-state index contributed by atoms with van der Waals surface area (Å²) in [6, 6.07) is 6.08. The van der Waals surface area contributed by atoms with Crippen molar-refractivity contribution in [3.05, 3.63) is 47.2 Å². The Morgan fingerprint density at radius 3 is 2.53 bits per heavy atom. The van der Waals surface area contributed by atoms with Gasteiger partial charge in [0.25, 0.3) is 0 Å². The molecular weight excluding hydrogens is 552 g/mol. The molecule has 0 radical (unpaired) electrons. The van der Waals surface area contributed by atoms with E-state index in [1.54, 1.807) is 0 Å². The van der Waals surface area contributed by atoms with Crippen molar-refractivity contribution < 1.29 is 23.4 Å². The van der Waals surface area contributed by atoms with Crippen LogP contribution in [0.4, 0.5) is 14.6 Å². The van der Waals surface area contributed by atoms with Gasteiger partial charge in [0.05, 0.1) is 18.1 Å². The molecule has 0 amide bonds. The Morgan fingerprint density at radius 1 is 1.05 bits per heavy atom. The zero-order valence-corrected chi connectivity index (χ0v) is 23.6. The largest absolute Gasteiger partial charge is 0.508 e. The van der Waals surface area contributed by atoms with Gasteiger partial charge in [0.2, 0.25) is 0 Å². The molecule has 0 saturated carbocycles. The highest BCUT2D eigenvalue weighted by Gasteiger charge is 2.35. The van der Waals surface area contributed by atoms with Crippen LogP contribution in [0.3, 0.4) is 0 Å². The van der Waals surface area contributed by atoms with E-state index in [1.807, 2.05) is 0 Å². The fourth-order valence-electron chi connectivity index (χ4n) is 6.46. The number of aromatic hydroxyl groups is 1. The maximum Gasteiger partial charge on any atom is 0.318 e. The Kier molecular flexibility index (Phi) is 6.97. The number of benzene rings is 2. The number of ether oxygens (including phenoxy) is 2. The molecule has 5 heterocycles. The van der Waals surface area contributed by atoms with Crippen molar-refractivity contribution in [1.29, 1.82) is 0 Å². The summed E-state index contributed by atoms with van der Waals surface area (Å²) in [6.07, 6.45) is 9.36. The monoisotopic (exact) mass is 581 g/mol. The van der Waals surface area contributed by atoms with Crippen LogP contribution in [0.1, 0.15) is 36.9 Å². The fourth-order valence-corrected chi connectivity index (χ4v) is 6.46. The number of phenols is 1. The molecule has 4 aromatic rings. The molecule has 2 atom stereocenters. The molecule has 3 fully saturated rings. The van der Waals surface area contributed by atoms with Gasteiger partial charge < -0.3 is 24.8 Å². The Labute approximate surface area is 247 Å². The summed E-state index contributed by atoms with van der Waals surface area (Å²) in [4.78, 5) is 16.0. The van der Waals surface area contributed by atoms with Crippen molar-refractivity contribution >= 4 is 27.5 Å². The zero-order valence-electron chi connectivity index (χ0n) is 23.6. The van der Waals surface area contributed by atoms with Gasteiger partial charge in [-0.15, -0.1) is 6.42 Å². The van der Waals surface area contributed by atoms with E-state index < -0.39 is 11.6 Å². The van der Waals surface area contributed by atoms with Gasteiger partial charge in [-0.1, -0.05) is 17.9 Å². The van der Waals surface area contributed by atoms with Gasteiger partial charge in [-0.05, 0) is 55.2 Å². The molecular formula is C33H29F2N5O3. The molecule has 2 N–H and O–H groups in total. The second-order valence-corrected chi connectivity index (χ2v) is 11.2. The van der Waals surface area contributed by atoms with Crippen LogP contribution in [0.2, 0.25) is 0 Å². The Bertz CT molecular complexity index is 1860. The number of nitrogens with one attached hydrogen (secondary N) is 1. The quantitative estimate of drug-likeness (QED) is 0.341. The number of fused-ring (bicyclic) bond motifs is 4. The number of pyridine rings is 1. The number of methoxy groups -OCH3 is 1. The number of nitrogens with zero attached hydrogens (tertiary/aromatic N) is 4. The standard InChI is InChI=1S/C33H29F2N5O3/c1-3-23-25(34)8-5-19-14-22(41)15-24(27(19)23)30-29(35)31-28(26(37-30)9-4-18-10-12-43-13-11-18)32(39-33(38-31)42-2)40-16-20-6-7-21(17-40)36-20/h1,5,8,14-15,18,20-21,36,41H,6-7,10-13,16-17H2,2H3. The van der Waals surface area contributed by atoms with Gasteiger partial charge in [-0.3, -0.25) is 0 Å². The van der Waals surface area contributed by atoms with E-state index in [4.69, 9.17) is 25.9 Å². The highest BCUT2D eigenvalue weighted by atomic mass is 19.1. The summed E-state index contributed by atoms with van der Waals surface area (Å²) in [6.45, 7) is 2.61. The summed E-state index contributed by atoms with van der Waals surface area (Å²) < 4.78 is 42.7. The lowest BCUT2D eigenvalue weighted by molar-refractivity contribution is 0.0807. The lowest BCUT2D eigenvalue weighted by Gasteiger charge is -2.34. The Hall–Kier alpha value is -4.51. The molecule has 3 aliphatic heterocycles. The minimum atomic E-state index is -0.772. The Morgan fingerprint density at radius 2 is 1.81 bits per heavy atom. The lowest BCUT2D eigenvalue weighted by Crippen LogP contribution is -2.51. The smallest absolute Gasteiger partial charge is 0.318 e. The average molecular weight is 582 g/mol. The molecule has 3 saturated heterocycles. The second kappa shape index (κ2) is 11.0. The maximum atomic E-state index is 16.8. The van der Waals surface area contributed by atoms with Crippen molar-refractivity contribution in [3.63, 3.8) is 0 Å². The number of anilines is 1. The molecule has 10 heteroatoms. The second-order valence-electron chi connectivity index (χ2n) is 11.2. The topological polar surface area (TPSA) is 92.6 Å². The first-order valence-corrected chi connectivity index (χ1v) is 14.4. The number of rotatable bonds is 3. The normalized spacial score (nSPS) is 20.2. The van der Waals surface area contributed by atoms with Gasteiger partial charge in [0, 0.05) is 55.3 Å². The van der Waals surface area contributed by atoms with Crippen LogP contribution in [0, 0.1) is 41.7 Å². The molecule has 2 unspecified atom stereocenters. The minimum absolute atomic E-state index is 0.00360. The van der Waals surface area contributed by atoms with E-state index in [1.165, 1.54) is 31.4 Å². The van der Waals surface area contributed by atoms with Crippen LogP contribution >= 0.6 is 0 Å². The first kappa shape index (κ1) is 27.3. The number of halogens is 2. The molecule has 218 valence electrons. The van der Waals surface area contributed by atoms with Crippen molar-refractivity contribution in [2.24, 2.45) is 5.92 Å². The highest BCUT2D eigenvalue weighted by molar-refractivity contribution is 6.04. The van der Waals surface area contributed by atoms with E-state index in [-0.39, 0.29) is 51.1 Å². The maximum absolute atomic E-state index is 16.8. The molecule has 2 bridgehead atoms. The molecule has 7 rings (SSSR count). The number of hydrogen-bond acceptors (Lipinski definition) is 8. The lowest BCUT2D eigenvalue weighted by atomic mass is 9.95. The number of piperazine rings is 1. The summed E-state index contributed by atoms with van der Waals surface area (Å²) in [5.41, 5.74) is 0.191. The average Bonchev–Trinajstić information content (AvgIpc) is 3.37. The van der Waals surface area contributed by atoms with Crippen molar-refractivity contribution in [2.75, 3.05) is 38.3 Å². The number of hydrogen-bond donors (Lipinski definition) is 2. The third-order valence-corrected chi connectivity index (χ3v) is 8.51. The van der Waals surface area contributed by atoms with E-state index >= 15 is 4.39 Å². The number of terminal acetylenes is 1. The number of phenolic OH excluding ortho intramolecular Hbond substituents is 1. The van der Waals surface area contributed by atoms with Crippen LogP contribution in [-0.4, -0.2) is 65.6 Å². The van der Waals surface area contributed by atoms with Crippen molar-refractivity contribution in [1.82, 2.24) is 20.3 Å². The van der Waals surface area contributed by atoms with Gasteiger partial charge in [0.1, 0.15) is 34.3 Å². The van der Waals surface area contributed by atoms with Gasteiger partial charge in [-0.2, -0.15) is 9.97 Å². The molecule has 3 aliphatic rings. The summed E-state index contributed by atoms with van der Waals surface area (Å²) in [7, 11) is 1.43. The van der Waals surface area contributed by atoms with E-state index in [2.05, 4.69) is 33.0 Å². The van der Waals surface area contributed by atoms with Crippen LogP contribution in [0.5, 0.6) is 11.8 Å². The van der Waals surface area contributed by atoms with E-state index in [9.17, 15) is 9.50 Å². The zero-order chi connectivity index (χ0) is 29.7. The SMILES string of the molecule is C#Cc1c(F)ccc2cc(O)cc(-c3nc(C#CC4CCOCC4)c4c(N5CC6CCC(C5)N6)nc(OC)nc4c3F)c12. The van der Waals surface area contributed by atoms with Crippen molar-refractivity contribution in [2.45, 2.75) is 37.8 Å². The third kappa shape index (κ3) is 4.87. The summed E-state index contributed by atoms with van der Waals surface area (Å²) >= 11 is 0. The first-order valence-electron chi connectivity index (χ1n) is 14.4. The predicted molar refractivity (Wildman–Crippen MR) is 159 cm³/mol. The molecule has 2 aromatic heterocycles. The van der Waals surface area contributed by atoms with Crippen LogP contribution in [-0.2, 0) is 4.74 Å². The van der Waals surface area contributed by atoms with Crippen LogP contribution < -0.4 is 15.0 Å². The third-order valence-electron chi connectivity index (χ3n) is 8.51. The van der Waals surface area contributed by atoms with Gasteiger partial charge in [-0.25, -0.2) is 13.8 Å². The van der Waals surface area contributed by atoms with Crippen molar-refractivity contribution in [3.8, 4) is 47.2 Å². The molecule has 8 nitrogen and oxygen atoms in total. The van der Waals surface area contributed by atoms with Gasteiger partial charge >= 0.3 is 6.01 Å². The molecule has 0 spiro atoms. The summed E-state index contributed by atoms with van der Waals surface area (Å²) in [5, 5.41) is 15.3. The fraction of sp³-hybridized carbons (Fsp3) is 0.364. The van der Waals surface area contributed by atoms with Crippen LogP contribution in [0.15, 0.2) is 24.3 Å². The molecule has 2 aromatic carbocycles. The minimum Gasteiger partial charge on any atom is -0.508 e. The van der Waals surface area contributed by atoms with E-state index in [0.717, 1.165) is 25.7 Å². The molecule has 43 heavy (non-hydrogen) atoms. The highest BCUT2D eigenvalue weighted by Crippen LogP contribution is 2.40. The predicted octanol–water partition coefficient (Wildman–Crippen LogP) is 4.54. The Balaban J connectivity index is 1.53. The van der Waals surface area contributed by atoms with Gasteiger partial charge in [0.15, 0.2) is 5.82 Å². The van der Waals surface area contributed by atoms with Crippen LogP contribution in [0.25, 0.3) is 32.9 Å².